The summed E-state index contributed by atoms with van der Waals surface area (Å²) in [6.07, 6.45) is 0. The number of rotatable bonds is 5. The molecule has 0 bridgehead atoms. The summed E-state index contributed by atoms with van der Waals surface area (Å²) in [6, 6.07) is 0.838. The van der Waals surface area contributed by atoms with Crippen molar-refractivity contribution in [3.63, 3.8) is 0 Å². The summed E-state index contributed by atoms with van der Waals surface area (Å²) in [5.41, 5.74) is -4.07. The Morgan fingerprint density at radius 1 is 0.857 bits per heavy atom. The van der Waals surface area contributed by atoms with Crippen LogP contribution in [0.15, 0.2) is 12.1 Å². The zero-order chi connectivity index (χ0) is 15.6. The smallest absolute Gasteiger partial charge is 0.258 e. The maximum atomic E-state index is 10.8. The van der Waals surface area contributed by atoms with E-state index in [0.29, 0.717) is 12.1 Å². The number of nitro benzene ring substituents is 3. The zero-order valence-electron chi connectivity index (χ0n) is 10.2. The van der Waals surface area contributed by atoms with Crippen LogP contribution in [0, 0.1) is 40.5 Å². The van der Waals surface area contributed by atoms with Gasteiger partial charge in [-0.2, -0.15) is 0 Å². The first kappa shape index (κ1) is 18.5. The molecule has 0 fully saturated rings. The van der Waals surface area contributed by atoms with E-state index in [0.717, 1.165) is 7.05 Å². The van der Waals surface area contributed by atoms with Crippen LogP contribution in [0.4, 0.5) is 22.7 Å². The van der Waals surface area contributed by atoms with Gasteiger partial charge in [-0.15, -0.1) is 0 Å². The molecule has 1 aromatic carbocycles. The monoisotopic (exact) mass is 495 g/mol. The third kappa shape index (κ3) is 3.77. The molecule has 1 aromatic rings. The summed E-state index contributed by atoms with van der Waals surface area (Å²) in [6.45, 7) is 0. The summed E-state index contributed by atoms with van der Waals surface area (Å²) >= 11 is 0. The Hall–Kier alpha value is -2.46. The van der Waals surface area contributed by atoms with Crippen LogP contribution in [0.1, 0.15) is 0 Å². The molecular formula is C7H5N5O8Pb+4. The van der Waals surface area contributed by atoms with Crippen molar-refractivity contribution in [1.82, 2.24) is 0 Å². The SMILES string of the molecule is CN(c1c([N+](=O)[O-])cc([N+](=O)[O-])cc1[N+](=O)[O-])[N+](=O)[O-].[Pb+4]. The van der Waals surface area contributed by atoms with Crippen molar-refractivity contribution in [1.29, 1.82) is 0 Å². The zero-order valence-corrected chi connectivity index (χ0v) is 14.0. The molecule has 106 valence electrons. The van der Waals surface area contributed by atoms with Gasteiger partial charge < -0.3 is 0 Å². The Kier molecular flexibility index (Phi) is 6.02. The molecule has 0 aliphatic rings. The Bertz CT molecular complexity index is 598. The average Bonchev–Trinajstić information content (AvgIpc) is 2.35. The molecule has 21 heavy (non-hydrogen) atoms. The van der Waals surface area contributed by atoms with Crippen LogP contribution < -0.4 is 5.01 Å². The molecule has 14 heteroatoms. The van der Waals surface area contributed by atoms with Gasteiger partial charge in [-0.3, -0.25) is 30.3 Å². The van der Waals surface area contributed by atoms with E-state index in [9.17, 15) is 40.5 Å². The molecule has 0 saturated carbocycles. The van der Waals surface area contributed by atoms with Gasteiger partial charge in [-0.25, -0.2) is 10.1 Å². The van der Waals surface area contributed by atoms with E-state index in [2.05, 4.69) is 0 Å². The normalized spacial score (nSPS) is 9.38. The topological polar surface area (TPSA) is 176 Å². The fourth-order valence-corrected chi connectivity index (χ4v) is 1.39. The molecule has 0 unspecified atom stereocenters. The molecule has 0 atom stereocenters. The summed E-state index contributed by atoms with van der Waals surface area (Å²) < 4.78 is 0. The first-order chi connectivity index (χ1) is 9.16. The van der Waals surface area contributed by atoms with Crippen LogP contribution in [0.5, 0.6) is 0 Å². The molecule has 0 amide bonds. The first-order valence-corrected chi connectivity index (χ1v) is 4.66. The second-order valence-electron chi connectivity index (χ2n) is 3.37. The van der Waals surface area contributed by atoms with Crippen LogP contribution in [0.25, 0.3) is 0 Å². The maximum Gasteiger partial charge on any atom is 4.00 e. The number of non-ortho nitro benzene ring substituents is 1. The van der Waals surface area contributed by atoms with E-state index in [4.69, 9.17) is 0 Å². The summed E-state index contributed by atoms with van der Waals surface area (Å²) in [7, 11) is 0.751. The fraction of sp³-hybridized carbons (Fsp3) is 0.143. The molecule has 0 aliphatic heterocycles. The maximum absolute atomic E-state index is 10.8. The third-order valence-corrected chi connectivity index (χ3v) is 2.23. The largest absolute Gasteiger partial charge is 4.00 e. The Balaban J connectivity index is 0.00000400. The summed E-state index contributed by atoms with van der Waals surface area (Å²) in [5.74, 6) is 0. The van der Waals surface area contributed by atoms with Gasteiger partial charge in [0, 0.05) is 0 Å². The molecule has 1 rings (SSSR count). The van der Waals surface area contributed by atoms with Crippen molar-refractivity contribution < 1.29 is 19.8 Å². The minimum absolute atomic E-state index is 0. The van der Waals surface area contributed by atoms with E-state index in [1.165, 1.54) is 0 Å². The van der Waals surface area contributed by atoms with Gasteiger partial charge in [0.2, 0.25) is 0 Å². The number of benzene rings is 1. The minimum Gasteiger partial charge on any atom is -0.258 e. The van der Waals surface area contributed by atoms with E-state index in [1.54, 1.807) is 0 Å². The predicted octanol–water partition coefficient (Wildman–Crippen LogP) is 0.658. The second-order valence-corrected chi connectivity index (χ2v) is 3.37. The molecule has 0 aliphatic carbocycles. The Morgan fingerprint density at radius 2 is 1.24 bits per heavy atom. The molecule has 0 N–H and O–H groups in total. The van der Waals surface area contributed by atoms with Crippen LogP contribution in [-0.4, -0.2) is 54.1 Å². The van der Waals surface area contributed by atoms with E-state index < -0.39 is 42.6 Å². The number of hydrogen-bond acceptors (Lipinski definition) is 8. The quantitative estimate of drug-likeness (QED) is 0.323. The summed E-state index contributed by atoms with van der Waals surface area (Å²) in [5, 5.41) is 41.7. The van der Waals surface area contributed by atoms with Gasteiger partial charge >= 0.3 is 38.7 Å². The number of anilines is 1. The molecule has 0 spiro atoms. The van der Waals surface area contributed by atoms with Gasteiger partial charge in [0.15, 0.2) is 5.03 Å². The predicted molar refractivity (Wildman–Crippen MR) is 67.6 cm³/mol. The van der Waals surface area contributed by atoms with E-state index in [1.807, 2.05) is 0 Å². The minimum atomic E-state index is -1.17. The molecular weight excluding hydrogens is 489 g/mol. The van der Waals surface area contributed by atoms with Crippen molar-refractivity contribution in [3.8, 4) is 0 Å². The van der Waals surface area contributed by atoms with Crippen molar-refractivity contribution in [2.45, 2.75) is 0 Å². The average molecular weight is 494 g/mol. The van der Waals surface area contributed by atoms with Gasteiger partial charge in [0.1, 0.15) is 0 Å². The Labute approximate surface area is 134 Å². The van der Waals surface area contributed by atoms with Gasteiger partial charge in [-0.1, -0.05) is 5.01 Å². The second kappa shape index (κ2) is 6.81. The van der Waals surface area contributed by atoms with E-state index in [-0.39, 0.29) is 32.3 Å². The van der Waals surface area contributed by atoms with Gasteiger partial charge in [-0.05, 0) is 0 Å². The van der Waals surface area contributed by atoms with Gasteiger partial charge in [0.05, 0.1) is 34.0 Å². The molecule has 0 saturated heterocycles. The number of hydrogen-bond donors (Lipinski definition) is 0. The number of nitrogens with zero attached hydrogens (tertiary/aromatic N) is 5. The molecule has 0 aromatic heterocycles. The molecule has 0 heterocycles. The third-order valence-electron chi connectivity index (χ3n) is 2.23. The molecule has 0 radical (unpaired) electrons. The number of nitro groups is 4. The van der Waals surface area contributed by atoms with Crippen molar-refractivity contribution in [3.05, 3.63) is 52.6 Å². The first-order valence-electron chi connectivity index (χ1n) is 4.66. The Morgan fingerprint density at radius 3 is 1.48 bits per heavy atom. The number of hydrazine groups is 1. The van der Waals surface area contributed by atoms with Crippen molar-refractivity contribution >= 4 is 50.0 Å². The van der Waals surface area contributed by atoms with Crippen molar-refractivity contribution in [2.24, 2.45) is 0 Å². The van der Waals surface area contributed by atoms with Crippen molar-refractivity contribution in [2.75, 3.05) is 12.1 Å². The fourth-order valence-electron chi connectivity index (χ4n) is 1.39. The van der Waals surface area contributed by atoms with Gasteiger partial charge in [0.25, 0.3) is 11.4 Å². The standard InChI is InChI=1S/C7H5N5O8.Pb/c1-8(12(19)20)7-5(10(15)16)2-4(9(13)14)3-6(7)11(17)18;/h2-3H,1H3;/q;+4. The summed E-state index contributed by atoms with van der Waals surface area (Å²) in [4.78, 5) is 39.4. The van der Waals surface area contributed by atoms with Crippen LogP contribution in [-0.2, 0) is 0 Å². The van der Waals surface area contributed by atoms with Crippen LogP contribution in [0.2, 0.25) is 0 Å². The van der Waals surface area contributed by atoms with E-state index >= 15 is 0 Å². The van der Waals surface area contributed by atoms with Crippen LogP contribution in [0.3, 0.4) is 0 Å². The van der Waals surface area contributed by atoms with Crippen LogP contribution >= 0.6 is 0 Å². The molecule has 13 nitrogen and oxygen atoms in total.